The quantitative estimate of drug-likeness (QED) is 0.621. The maximum Gasteiger partial charge on any atom is 0.233 e. The molecule has 0 unspecified atom stereocenters. The van der Waals surface area contributed by atoms with Gasteiger partial charge in [-0.1, -0.05) is 37.3 Å². The van der Waals surface area contributed by atoms with E-state index in [2.05, 4.69) is 12.2 Å². The average molecular weight is 292 g/mol. The van der Waals surface area contributed by atoms with Gasteiger partial charge in [0.05, 0.1) is 16.9 Å². The topological polar surface area (TPSA) is 64.3 Å². The number of carbonyl (C=O) groups is 1. The Balaban J connectivity index is 1.76. The van der Waals surface area contributed by atoms with Crippen molar-refractivity contribution >= 4 is 23.1 Å². The van der Waals surface area contributed by atoms with Gasteiger partial charge in [0.1, 0.15) is 12.4 Å². The second-order valence-electron chi connectivity index (χ2n) is 5.38. The molecule has 0 aromatic heterocycles. The molecule has 0 heterocycles. The van der Waals surface area contributed by atoms with Crippen LogP contribution in [0.1, 0.15) is 19.8 Å². The summed E-state index contributed by atoms with van der Waals surface area (Å²) in [6.45, 7) is 2.98. The van der Waals surface area contributed by atoms with Gasteiger partial charge in [-0.25, -0.2) is 0 Å². The lowest BCUT2D eigenvalue weighted by Crippen LogP contribution is -2.56. The average Bonchev–Trinajstić information content (AvgIpc) is 2.40. The van der Waals surface area contributed by atoms with Crippen molar-refractivity contribution in [3.63, 3.8) is 0 Å². The molecule has 0 radical (unpaired) electrons. The Morgan fingerprint density at radius 1 is 1.45 bits per heavy atom. The van der Waals surface area contributed by atoms with Crippen LogP contribution in [0, 0.1) is 11.3 Å². The highest BCUT2D eigenvalue weighted by atomic mass is 32.1. The summed E-state index contributed by atoms with van der Waals surface area (Å²) in [6, 6.07) is 9.51. The molecule has 0 atom stereocenters. The van der Waals surface area contributed by atoms with Crippen LogP contribution in [0.3, 0.4) is 0 Å². The molecule has 5 heteroatoms. The second-order valence-corrected chi connectivity index (χ2v) is 5.82. The predicted molar refractivity (Wildman–Crippen MR) is 82.6 cm³/mol. The van der Waals surface area contributed by atoms with E-state index in [-0.39, 0.29) is 5.91 Å². The third-order valence-electron chi connectivity index (χ3n) is 3.70. The number of amides is 1. The van der Waals surface area contributed by atoms with E-state index in [0.717, 1.165) is 18.6 Å². The fourth-order valence-corrected chi connectivity index (χ4v) is 2.91. The molecule has 1 amide bonds. The van der Waals surface area contributed by atoms with Crippen molar-refractivity contribution in [1.82, 2.24) is 5.32 Å². The molecule has 1 fully saturated rings. The minimum absolute atomic E-state index is 0.0697. The Labute approximate surface area is 124 Å². The maximum atomic E-state index is 12.2. The lowest BCUT2D eigenvalue weighted by molar-refractivity contribution is -0.132. The molecule has 0 spiro atoms. The van der Waals surface area contributed by atoms with Gasteiger partial charge >= 0.3 is 0 Å². The fraction of sp³-hybridized carbons (Fsp3) is 0.467. The molecular formula is C15H20N2O2S. The SMILES string of the molecule is CC1CC(C(=O)NCCOc2ccccc2)(C(N)=S)C1. The van der Waals surface area contributed by atoms with E-state index in [1.807, 2.05) is 30.3 Å². The van der Waals surface area contributed by atoms with Gasteiger partial charge in [-0.15, -0.1) is 0 Å². The van der Waals surface area contributed by atoms with Gasteiger partial charge in [-0.2, -0.15) is 0 Å². The maximum absolute atomic E-state index is 12.2. The lowest BCUT2D eigenvalue weighted by Gasteiger charge is -2.44. The first-order valence-electron chi connectivity index (χ1n) is 6.80. The summed E-state index contributed by atoms with van der Waals surface area (Å²) in [5.41, 5.74) is 5.09. The number of hydrogen-bond donors (Lipinski definition) is 2. The van der Waals surface area contributed by atoms with Gasteiger partial charge in [0.25, 0.3) is 0 Å². The van der Waals surface area contributed by atoms with Crippen LogP contribution in [0.25, 0.3) is 0 Å². The molecule has 1 aromatic rings. The zero-order valence-electron chi connectivity index (χ0n) is 11.6. The summed E-state index contributed by atoms with van der Waals surface area (Å²) in [5, 5.41) is 2.87. The summed E-state index contributed by atoms with van der Waals surface area (Å²) < 4.78 is 5.52. The summed E-state index contributed by atoms with van der Waals surface area (Å²) in [6.07, 6.45) is 1.49. The molecule has 2 rings (SSSR count). The molecule has 108 valence electrons. The fourth-order valence-electron chi connectivity index (χ4n) is 2.65. The zero-order valence-corrected chi connectivity index (χ0v) is 12.4. The molecule has 1 saturated carbocycles. The minimum Gasteiger partial charge on any atom is -0.492 e. The summed E-state index contributed by atoms with van der Waals surface area (Å²) in [7, 11) is 0. The number of thiocarbonyl (C=S) groups is 1. The first-order valence-corrected chi connectivity index (χ1v) is 7.21. The van der Waals surface area contributed by atoms with Crippen molar-refractivity contribution in [3.8, 4) is 5.75 Å². The number of ether oxygens (including phenoxy) is 1. The molecule has 1 aliphatic rings. The highest BCUT2D eigenvalue weighted by Gasteiger charge is 2.50. The van der Waals surface area contributed by atoms with Gasteiger partial charge in [-0.05, 0) is 30.9 Å². The van der Waals surface area contributed by atoms with Crippen LogP contribution in [-0.2, 0) is 4.79 Å². The van der Waals surface area contributed by atoms with E-state index < -0.39 is 5.41 Å². The number of para-hydroxylation sites is 1. The van der Waals surface area contributed by atoms with Crippen LogP contribution in [-0.4, -0.2) is 24.0 Å². The number of rotatable bonds is 6. The predicted octanol–water partition coefficient (Wildman–Crippen LogP) is 1.88. The van der Waals surface area contributed by atoms with Crippen molar-refractivity contribution in [3.05, 3.63) is 30.3 Å². The first kappa shape index (κ1) is 14.8. The van der Waals surface area contributed by atoms with Gasteiger partial charge in [0, 0.05) is 0 Å². The van der Waals surface area contributed by atoms with Gasteiger partial charge < -0.3 is 15.8 Å². The third-order valence-corrected chi connectivity index (χ3v) is 4.09. The summed E-state index contributed by atoms with van der Waals surface area (Å²) >= 11 is 5.05. The monoisotopic (exact) mass is 292 g/mol. The molecular weight excluding hydrogens is 272 g/mol. The highest BCUT2D eigenvalue weighted by molar-refractivity contribution is 7.80. The van der Waals surface area contributed by atoms with Crippen LogP contribution in [0.2, 0.25) is 0 Å². The van der Waals surface area contributed by atoms with E-state index >= 15 is 0 Å². The number of nitrogens with one attached hydrogen (secondary N) is 1. The van der Waals surface area contributed by atoms with Gasteiger partial charge in [0.2, 0.25) is 5.91 Å². The van der Waals surface area contributed by atoms with E-state index in [9.17, 15) is 4.79 Å². The largest absolute Gasteiger partial charge is 0.492 e. The Morgan fingerprint density at radius 3 is 2.65 bits per heavy atom. The number of benzene rings is 1. The minimum atomic E-state index is -0.637. The van der Waals surface area contributed by atoms with Crippen molar-refractivity contribution in [1.29, 1.82) is 0 Å². The van der Waals surface area contributed by atoms with Crippen LogP contribution >= 0.6 is 12.2 Å². The van der Waals surface area contributed by atoms with E-state index in [1.165, 1.54) is 0 Å². The number of hydrogen-bond acceptors (Lipinski definition) is 3. The van der Waals surface area contributed by atoms with E-state index in [4.69, 9.17) is 22.7 Å². The Hall–Kier alpha value is -1.62. The first-order chi connectivity index (χ1) is 9.54. The second kappa shape index (κ2) is 6.22. The Bertz CT molecular complexity index is 484. The highest BCUT2D eigenvalue weighted by Crippen LogP contribution is 2.45. The molecule has 0 bridgehead atoms. The van der Waals surface area contributed by atoms with Crippen molar-refractivity contribution in [2.75, 3.05) is 13.2 Å². The van der Waals surface area contributed by atoms with Crippen LogP contribution in [0.15, 0.2) is 30.3 Å². The van der Waals surface area contributed by atoms with E-state index in [0.29, 0.717) is 24.1 Å². The number of nitrogens with two attached hydrogens (primary N) is 1. The van der Waals surface area contributed by atoms with Crippen molar-refractivity contribution in [2.45, 2.75) is 19.8 Å². The Kier molecular flexibility index (Phi) is 4.60. The van der Waals surface area contributed by atoms with Crippen LogP contribution < -0.4 is 15.8 Å². The van der Waals surface area contributed by atoms with Crippen LogP contribution in [0.4, 0.5) is 0 Å². The summed E-state index contributed by atoms with van der Waals surface area (Å²) in [5.74, 6) is 1.23. The molecule has 3 N–H and O–H groups in total. The molecule has 4 nitrogen and oxygen atoms in total. The molecule has 1 aliphatic carbocycles. The molecule has 20 heavy (non-hydrogen) atoms. The lowest BCUT2D eigenvalue weighted by atomic mass is 9.62. The van der Waals surface area contributed by atoms with Gasteiger partial charge in [-0.3, -0.25) is 4.79 Å². The van der Waals surface area contributed by atoms with Gasteiger partial charge in [0.15, 0.2) is 0 Å². The number of carbonyl (C=O) groups excluding carboxylic acids is 1. The Morgan fingerprint density at radius 2 is 2.10 bits per heavy atom. The third kappa shape index (κ3) is 3.10. The van der Waals surface area contributed by atoms with Crippen LogP contribution in [0.5, 0.6) is 5.75 Å². The van der Waals surface area contributed by atoms with E-state index in [1.54, 1.807) is 0 Å². The van der Waals surface area contributed by atoms with Crippen molar-refractivity contribution < 1.29 is 9.53 Å². The summed E-state index contributed by atoms with van der Waals surface area (Å²) in [4.78, 5) is 12.5. The molecule has 0 saturated heterocycles. The molecule has 0 aliphatic heterocycles. The van der Waals surface area contributed by atoms with Crippen molar-refractivity contribution in [2.24, 2.45) is 17.1 Å². The standard InChI is InChI=1S/C15H20N2O2S/c1-11-9-15(10-11,13(16)20)14(18)17-7-8-19-12-5-3-2-4-6-12/h2-6,11H,7-10H2,1H3,(H2,16,20)(H,17,18). The smallest absolute Gasteiger partial charge is 0.233 e. The normalized spacial score (nSPS) is 24.6. The molecule has 1 aromatic carbocycles. The zero-order chi connectivity index (χ0) is 14.6.